The van der Waals surface area contributed by atoms with Crippen molar-refractivity contribution < 1.29 is 23.6 Å². The Kier molecular flexibility index (Phi) is 6.88. The highest BCUT2D eigenvalue weighted by atomic mass is 35.5. The summed E-state index contributed by atoms with van der Waals surface area (Å²) in [6.45, 7) is 0.350. The fourth-order valence-electron chi connectivity index (χ4n) is 2.14. The molecule has 0 fully saturated rings. The number of halogens is 2. The summed E-state index contributed by atoms with van der Waals surface area (Å²) in [7, 11) is 1.51. The Morgan fingerprint density at radius 3 is 2.77 bits per heavy atom. The number of anilines is 1. The van der Waals surface area contributed by atoms with Crippen LogP contribution in [0.3, 0.4) is 0 Å². The fraction of sp³-hybridized carbons (Fsp3) is 0.235. The summed E-state index contributed by atoms with van der Waals surface area (Å²) < 4.78 is 23.6. The predicted molar refractivity (Wildman–Crippen MR) is 94.0 cm³/mol. The molecule has 26 heavy (non-hydrogen) atoms. The second kappa shape index (κ2) is 9.12. The summed E-state index contributed by atoms with van der Waals surface area (Å²) >= 11 is 5.87. The molecule has 0 saturated heterocycles. The highest BCUT2D eigenvalue weighted by molar-refractivity contribution is 6.31. The molecule has 2 aromatic carbocycles. The highest BCUT2D eigenvalue weighted by Gasteiger charge is 2.19. The lowest BCUT2D eigenvalue weighted by Crippen LogP contribution is -2.11. The highest BCUT2D eigenvalue weighted by Crippen LogP contribution is 2.26. The molecule has 2 aromatic rings. The first kappa shape index (κ1) is 19.6. The van der Waals surface area contributed by atoms with Crippen molar-refractivity contribution in [3.05, 3.63) is 68.5 Å². The Morgan fingerprint density at radius 1 is 1.35 bits per heavy atom. The van der Waals surface area contributed by atoms with Gasteiger partial charge in [0.2, 0.25) is 0 Å². The first-order chi connectivity index (χ1) is 12.4. The normalized spacial score (nSPS) is 10.4. The Bertz CT molecular complexity index is 795. The van der Waals surface area contributed by atoms with Gasteiger partial charge in [0.05, 0.1) is 22.1 Å². The first-order valence-corrected chi connectivity index (χ1v) is 7.93. The maximum absolute atomic E-state index is 13.7. The van der Waals surface area contributed by atoms with Crippen molar-refractivity contribution in [2.45, 2.75) is 6.61 Å². The van der Waals surface area contributed by atoms with Gasteiger partial charge in [-0.3, -0.25) is 10.1 Å². The van der Waals surface area contributed by atoms with Gasteiger partial charge in [-0.15, -0.1) is 0 Å². The summed E-state index contributed by atoms with van der Waals surface area (Å²) in [5.74, 6) is -1.43. The molecule has 0 bridgehead atoms. The minimum Gasteiger partial charge on any atom is -0.457 e. The van der Waals surface area contributed by atoms with Gasteiger partial charge >= 0.3 is 5.97 Å². The van der Waals surface area contributed by atoms with Crippen LogP contribution in [0.5, 0.6) is 0 Å². The van der Waals surface area contributed by atoms with Crippen molar-refractivity contribution in [2.75, 3.05) is 25.6 Å². The summed E-state index contributed by atoms with van der Waals surface area (Å²) in [5, 5.41) is 14.2. The number of carbonyl (C=O) groups is 1. The van der Waals surface area contributed by atoms with E-state index in [0.717, 1.165) is 6.07 Å². The number of benzene rings is 2. The monoisotopic (exact) mass is 382 g/mol. The minimum absolute atomic E-state index is 0.0264. The number of nitro benzene ring substituents is 1. The van der Waals surface area contributed by atoms with E-state index >= 15 is 0 Å². The van der Waals surface area contributed by atoms with Gasteiger partial charge in [-0.25, -0.2) is 9.18 Å². The molecule has 0 saturated carbocycles. The van der Waals surface area contributed by atoms with Crippen LogP contribution in [0.1, 0.15) is 15.9 Å². The van der Waals surface area contributed by atoms with E-state index in [2.05, 4.69) is 5.32 Å². The maximum Gasteiger partial charge on any atom is 0.338 e. The largest absolute Gasteiger partial charge is 0.457 e. The summed E-state index contributed by atoms with van der Waals surface area (Å²) in [6.07, 6.45) is 0. The topological polar surface area (TPSA) is 90.7 Å². The number of esters is 1. The van der Waals surface area contributed by atoms with Crippen molar-refractivity contribution in [1.82, 2.24) is 0 Å². The predicted octanol–water partition coefficient (Wildman–Crippen LogP) is 3.80. The maximum atomic E-state index is 13.7. The van der Waals surface area contributed by atoms with Crippen LogP contribution in [0.4, 0.5) is 15.8 Å². The van der Waals surface area contributed by atoms with Gasteiger partial charge in [-0.2, -0.15) is 0 Å². The number of carbonyl (C=O) groups excluding carboxylic acids is 1. The molecule has 0 radical (unpaired) electrons. The molecule has 0 unspecified atom stereocenters. The molecule has 0 aliphatic carbocycles. The minimum atomic E-state index is -0.823. The van der Waals surface area contributed by atoms with Gasteiger partial charge in [0, 0.05) is 25.3 Å². The third kappa shape index (κ3) is 4.90. The van der Waals surface area contributed by atoms with Crippen molar-refractivity contribution >= 4 is 28.9 Å². The van der Waals surface area contributed by atoms with E-state index in [1.54, 1.807) is 0 Å². The Labute approximate surface area is 153 Å². The molecule has 0 spiro atoms. The molecule has 0 atom stereocenters. The van der Waals surface area contributed by atoms with Gasteiger partial charge < -0.3 is 14.8 Å². The average Bonchev–Trinajstić information content (AvgIpc) is 2.61. The van der Waals surface area contributed by atoms with Crippen molar-refractivity contribution in [3.8, 4) is 0 Å². The molecule has 9 heteroatoms. The molecule has 0 amide bonds. The first-order valence-electron chi connectivity index (χ1n) is 7.55. The molecule has 0 aliphatic rings. The van der Waals surface area contributed by atoms with E-state index in [4.69, 9.17) is 21.1 Å². The number of ether oxygens (including phenoxy) is 2. The second-order valence-corrected chi connectivity index (χ2v) is 5.59. The van der Waals surface area contributed by atoms with Crippen LogP contribution in [0, 0.1) is 15.9 Å². The second-order valence-electron chi connectivity index (χ2n) is 5.18. The quantitative estimate of drug-likeness (QED) is 0.323. The third-order valence-corrected chi connectivity index (χ3v) is 3.82. The third-order valence-electron chi connectivity index (χ3n) is 3.46. The van der Waals surface area contributed by atoms with E-state index < -0.39 is 16.7 Å². The van der Waals surface area contributed by atoms with Crippen LogP contribution in [-0.4, -0.2) is 31.2 Å². The van der Waals surface area contributed by atoms with E-state index in [-0.39, 0.29) is 34.1 Å². The summed E-state index contributed by atoms with van der Waals surface area (Å²) in [4.78, 5) is 22.7. The van der Waals surface area contributed by atoms with Crippen LogP contribution in [0.15, 0.2) is 36.4 Å². The SMILES string of the molecule is COCCNc1ccc(C(=O)OCc2c(F)cccc2Cl)cc1[N+](=O)[O-]. The van der Waals surface area contributed by atoms with E-state index in [1.165, 1.54) is 37.4 Å². The molecular formula is C17H16ClFN2O5. The number of hydrogen-bond acceptors (Lipinski definition) is 6. The Morgan fingerprint density at radius 2 is 2.12 bits per heavy atom. The van der Waals surface area contributed by atoms with Crippen LogP contribution in [-0.2, 0) is 16.1 Å². The van der Waals surface area contributed by atoms with Crippen molar-refractivity contribution in [1.29, 1.82) is 0 Å². The molecule has 1 N–H and O–H groups in total. The van der Waals surface area contributed by atoms with Crippen LogP contribution in [0.25, 0.3) is 0 Å². The summed E-state index contributed by atoms with van der Waals surface area (Å²) in [6, 6.07) is 7.98. The van der Waals surface area contributed by atoms with E-state index in [0.29, 0.717) is 13.2 Å². The zero-order chi connectivity index (χ0) is 19.1. The molecule has 0 aromatic heterocycles. The van der Waals surface area contributed by atoms with Crippen molar-refractivity contribution in [3.63, 3.8) is 0 Å². The lowest BCUT2D eigenvalue weighted by atomic mass is 10.1. The molecule has 138 valence electrons. The number of rotatable bonds is 8. The molecule has 0 heterocycles. The van der Waals surface area contributed by atoms with Gasteiger partial charge in [-0.05, 0) is 24.3 Å². The van der Waals surface area contributed by atoms with Crippen LogP contribution in [0.2, 0.25) is 5.02 Å². The lowest BCUT2D eigenvalue weighted by Gasteiger charge is -2.10. The Balaban J connectivity index is 2.13. The zero-order valence-electron chi connectivity index (χ0n) is 13.8. The fourth-order valence-corrected chi connectivity index (χ4v) is 2.36. The zero-order valence-corrected chi connectivity index (χ0v) is 14.6. The number of nitrogens with zero attached hydrogens (tertiary/aromatic N) is 1. The molecule has 7 nitrogen and oxygen atoms in total. The average molecular weight is 383 g/mol. The molecule has 0 aliphatic heterocycles. The lowest BCUT2D eigenvalue weighted by molar-refractivity contribution is -0.384. The van der Waals surface area contributed by atoms with Gasteiger partial charge in [-0.1, -0.05) is 17.7 Å². The van der Waals surface area contributed by atoms with Gasteiger partial charge in [0.1, 0.15) is 18.1 Å². The van der Waals surface area contributed by atoms with E-state index in [9.17, 15) is 19.3 Å². The molecular weight excluding hydrogens is 367 g/mol. The number of nitro groups is 1. The van der Waals surface area contributed by atoms with Gasteiger partial charge in [0.25, 0.3) is 5.69 Å². The Hall–Kier alpha value is -2.71. The standard InChI is InChI=1S/C17H16ClFN2O5/c1-25-8-7-20-15-6-5-11(9-16(15)21(23)24)17(22)26-10-12-13(18)3-2-4-14(12)19/h2-6,9,20H,7-8,10H2,1H3. The van der Waals surface area contributed by atoms with Crippen LogP contribution < -0.4 is 5.32 Å². The number of nitrogens with one attached hydrogen (secondary N) is 1. The number of hydrogen-bond donors (Lipinski definition) is 1. The van der Waals surface area contributed by atoms with Gasteiger partial charge in [0.15, 0.2) is 0 Å². The molecule has 2 rings (SSSR count). The summed E-state index contributed by atoms with van der Waals surface area (Å²) in [5.41, 5.74) is -0.0171. The van der Waals surface area contributed by atoms with Crippen LogP contribution >= 0.6 is 11.6 Å². The van der Waals surface area contributed by atoms with E-state index in [1.807, 2.05) is 0 Å². The van der Waals surface area contributed by atoms with Crippen molar-refractivity contribution in [2.24, 2.45) is 0 Å². The smallest absolute Gasteiger partial charge is 0.338 e. The number of methoxy groups -OCH3 is 1.